The first-order chi connectivity index (χ1) is 14.2. The quantitative estimate of drug-likeness (QED) is 0.441. The van der Waals surface area contributed by atoms with Crippen LogP contribution in [-0.4, -0.2) is 46.0 Å². The van der Waals surface area contributed by atoms with Crippen LogP contribution < -0.4 is 14.9 Å². The van der Waals surface area contributed by atoms with Crippen LogP contribution in [0.25, 0.3) is 11.4 Å². The van der Waals surface area contributed by atoms with Gasteiger partial charge in [0.15, 0.2) is 11.5 Å². The number of methoxy groups -OCH3 is 1. The first-order valence-corrected chi connectivity index (χ1v) is 9.15. The summed E-state index contributed by atoms with van der Waals surface area (Å²) in [6.07, 6.45) is 2.42. The molecule has 1 heterocycles. The van der Waals surface area contributed by atoms with Crippen molar-refractivity contribution in [3.8, 4) is 22.9 Å². The number of hydrogen-bond donors (Lipinski definition) is 1. The average molecular weight is 394 g/mol. The molecule has 0 fully saturated rings. The lowest BCUT2D eigenvalue weighted by Crippen LogP contribution is -2.24. The lowest BCUT2D eigenvalue weighted by molar-refractivity contribution is -0.122. The minimum atomic E-state index is -0.366. The normalized spacial score (nSPS) is 10.8. The number of nitrogens with one attached hydrogen (secondary N) is 1. The summed E-state index contributed by atoms with van der Waals surface area (Å²) in [4.78, 5) is 13.3. The fraction of sp³-hybridized carbons (Fsp3) is 0.250. The molecule has 1 aromatic heterocycles. The molecule has 1 N–H and O–H groups in total. The standard InChI is InChI=1S/C20H22N6O3/c1-3-11-29-18-12-15(9-10-17(18)28-2)13-21-22-19(27)14-26-24-20(23-25-26)16-7-5-4-6-8-16/h4-10,12-13H,3,11,14H2,1-2H3,(H,22,27)/b21-13-. The summed E-state index contributed by atoms with van der Waals surface area (Å²) in [7, 11) is 1.59. The van der Waals surface area contributed by atoms with Crippen molar-refractivity contribution < 1.29 is 14.3 Å². The Hall–Kier alpha value is -3.75. The highest BCUT2D eigenvalue weighted by Gasteiger charge is 2.09. The number of ether oxygens (including phenoxy) is 2. The van der Waals surface area contributed by atoms with Gasteiger partial charge in [0.2, 0.25) is 5.82 Å². The Balaban J connectivity index is 1.56. The second kappa shape index (κ2) is 9.98. The van der Waals surface area contributed by atoms with Gasteiger partial charge in [-0.15, -0.1) is 10.2 Å². The van der Waals surface area contributed by atoms with E-state index in [-0.39, 0.29) is 12.5 Å². The van der Waals surface area contributed by atoms with E-state index in [1.807, 2.05) is 43.3 Å². The fourth-order valence-corrected chi connectivity index (χ4v) is 2.45. The van der Waals surface area contributed by atoms with E-state index in [0.717, 1.165) is 17.5 Å². The zero-order chi connectivity index (χ0) is 20.5. The van der Waals surface area contributed by atoms with Crippen LogP contribution in [0.3, 0.4) is 0 Å². The van der Waals surface area contributed by atoms with Gasteiger partial charge in [-0.2, -0.15) is 9.90 Å². The fourth-order valence-electron chi connectivity index (χ4n) is 2.45. The van der Waals surface area contributed by atoms with Crippen molar-refractivity contribution in [3.63, 3.8) is 0 Å². The predicted octanol–water partition coefficient (Wildman–Crippen LogP) is 2.29. The molecule has 0 saturated carbocycles. The molecule has 0 aliphatic carbocycles. The topological polar surface area (TPSA) is 104 Å². The molecule has 1 amide bonds. The molecular weight excluding hydrogens is 372 g/mol. The number of nitrogens with zero attached hydrogens (tertiary/aromatic N) is 5. The second-order valence-electron chi connectivity index (χ2n) is 6.06. The molecular formula is C20H22N6O3. The highest BCUT2D eigenvalue weighted by atomic mass is 16.5. The maximum absolute atomic E-state index is 12.1. The van der Waals surface area contributed by atoms with E-state index >= 15 is 0 Å². The number of aromatic nitrogens is 4. The van der Waals surface area contributed by atoms with Crippen LogP contribution in [0.5, 0.6) is 11.5 Å². The summed E-state index contributed by atoms with van der Waals surface area (Å²) in [5, 5.41) is 16.0. The van der Waals surface area contributed by atoms with Crippen LogP contribution in [0.15, 0.2) is 53.6 Å². The molecule has 0 atom stereocenters. The first-order valence-electron chi connectivity index (χ1n) is 9.15. The third-order valence-corrected chi connectivity index (χ3v) is 3.82. The number of benzene rings is 2. The van der Waals surface area contributed by atoms with Gasteiger partial charge in [0, 0.05) is 5.56 Å². The Morgan fingerprint density at radius 1 is 1.21 bits per heavy atom. The number of rotatable bonds is 9. The van der Waals surface area contributed by atoms with Crippen molar-refractivity contribution >= 4 is 12.1 Å². The van der Waals surface area contributed by atoms with E-state index in [4.69, 9.17) is 9.47 Å². The Labute approximate surface area is 168 Å². The van der Waals surface area contributed by atoms with E-state index in [0.29, 0.717) is 23.9 Å². The Morgan fingerprint density at radius 3 is 2.79 bits per heavy atom. The molecule has 0 bridgehead atoms. The van der Waals surface area contributed by atoms with E-state index in [9.17, 15) is 4.79 Å². The molecule has 150 valence electrons. The van der Waals surface area contributed by atoms with Gasteiger partial charge in [-0.05, 0) is 35.4 Å². The largest absolute Gasteiger partial charge is 0.493 e. The van der Waals surface area contributed by atoms with Crippen molar-refractivity contribution in [1.29, 1.82) is 0 Å². The number of hydrazone groups is 1. The molecule has 0 aliphatic heterocycles. The van der Waals surface area contributed by atoms with Gasteiger partial charge >= 0.3 is 0 Å². The van der Waals surface area contributed by atoms with Crippen LogP contribution in [0, 0.1) is 0 Å². The lowest BCUT2D eigenvalue weighted by atomic mass is 10.2. The van der Waals surface area contributed by atoms with E-state index < -0.39 is 0 Å². The third-order valence-electron chi connectivity index (χ3n) is 3.82. The van der Waals surface area contributed by atoms with E-state index in [2.05, 4.69) is 25.9 Å². The Morgan fingerprint density at radius 2 is 2.03 bits per heavy atom. The number of hydrogen-bond acceptors (Lipinski definition) is 7. The average Bonchev–Trinajstić information content (AvgIpc) is 3.21. The molecule has 0 unspecified atom stereocenters. The van der Waals surface area contributed by atoms with Gasteiger partial charge in [-0.3, -0.25) is 4.79 Å². The van der Waals surface area contributed by atoms with E-state index in [1.54, 1.807) is 19.2 Å². The maximum Gasteiger partial charge on any atom is 0.263 e. The van der Waals surface area contributed by atoms with Gasteiger partial charge in [-0.1, -0.05) is 37.3 Å². The maximum atomic E-state index is 12.1. The minimum Gasteiger partial charge on any atom is -0.493 e. The second-order valence-corrected chi connectivity index (χ2v) is 6.06. The lowest BCUT2D eigenvalue weighted by Gasteiger charge is -2.10. The molecule has 0 saturated heterocycles. The Kier molecular flexibility index (Phi) is 6.88. The van der Waals surface area contributed by atoms with Crippen molar-refractivity contribution in [2.75, 3.05) is 13.7 Å². The highest BCUT2D eigenvalue weighted by Crippen LogP contribution is 2.27. The SMILES string of the molecule is CCCOc1cc(/C=N\NC(=O)Cn2nnc(-c3ccccc3)n2)ccc1OC. The van der Waals surface area contributed by atoms with Gasteiger partial charge in [-0.25, -0.2) is 5.43 Å². The highest BCUT2D eigenvalue weighted by molar-refractivity contribution is 5.83. The molecule has 2 aromatic carbocycles. The third kappa shape index (κ3) is 5.61. The summed E-state index contributed by atoms with van der Waals surface area (Å²) in [5.74, 6) is 1.37. The molecule has 0 radical (unpaired) electrons. The molecule has 3 rings (SSSR count). The molecule has 9 nitrogen and oxygen atoms in total. The van der Waals surface area contributed by atoms with Crippen molar-refractivity contribution in [2.45, 2.75) is 19.9 Å². The minimum absolute atomic E-state index is 0.0926. The van der Waals surface area contributed by atoms with Gasteiger partial charge in [0.25, 0.3) is 5.91 Å². The van der Waals surface area contributed by atoms with Crippen molar-refractivity contribution in [1.82, 2.24) is 25.6 Å². The number of tetrazole rings is 1. The predicted molar refractivity (Wildman–Crippen MR) is 108 cm³/mol. The van der Waals surface area contributed by atoms with Crippen molar-refractivity contribution in [2.24, 2.45) is 5.10 Å². The van der Waals surface area contributed by atoms with Crippen LogP contribution in [0.4, 0.5) is 0 Å². The zero-order valence-electron chi connectivity index (χ0n) is 16.3. The molecule has 29 heavy (non-hydrogen) atoms. The monoisotopic (exact) mass is 394 g/mol. The summed E-state index contributed by atoms with van der Waals surface area (Å²) >= 11 is 0. The number of amides is 1. The van der Waals surface area contributed by atoms with Gasteiger partial charge < -0.3 is 9.47 Å². The molecule has 9 heteroatoms. The molecule has 3 aromatic rings. The smallest absolute Gasteiger partial charge is 0.263 e. The Bertz CT molecular complexity index is 971. The summed E-state index contributed by atoms with van der Waals surface area (Å²) in [6.45, 7) is 2.52. The first kappa shape index (κ1) is 20.0. The van der Waals surface area contributed by atoms with Gasteiger partial charge in [0.05, 0.1) is 19.9 Å². The van der Waals surface area contributed by atoms with E-state index in [1.165, 1.54) is 11.0 Å². The zero-order valence-corrected chi connectivity index (χ0v) is 16.3. The van der Waals surface area contributed by atoms with Crippen LogP contribution in [-0.2, 0) is 11.3 Å². The van der Waals surface area contributed by atoms with Crippen molar-refractivity contribution in [3.05, 3.63) is 54.1 Å². The number of carbonyl (C=O) groups is 1. The number of carbonyl (C=O) groups excluding carboxylic acids is 1. The van der Waals surface area contributed by atoms with Crippen LogP contribution in [0.2, 0.25) is 0 Å². The summed E-state index contributed by atoms with van der Waals surface area (Å²) in [5.41, 5.74) is 4.05. The molecule has 0 aliphatic rings. The summed E-state index contributed by atoms with van der Waals surface area (Å²) in [6, 6.07) is 14.8. The van der Waals surface area contributed by atoms with Gasteiger partial charge in [0.1, 0.15) is 6.54 Å². The van der Waals surface area contributed by atoms with Crippen LogP contribution >= 0.6 is 0 Å². The van der Waals surface area contributed by atoms with Crippen LogP contribution in [0.1, 0.15) is 18.9 Å². The summed E-state index contributed by atoms with van der Waals surface area (Å²) < 4.78 is 10.9. The molecule has 0 spiro atoms.